The van der Waals surface area contributed by atoms with Crippen LogP contribution in [0.5, 0.6) is 0 Å². The van der Waals surface area contributed by atoms with Gasteiger partial charge in [0.05, 0.1) is 28.0 Å². The summed E-state index contributed by atoms with van der Waals surface area (Å²) in [5.74, 6) is 0.242. The Labute approximate surface area is 214 Å². The monoisotopic (exact) mass is 498 g/mol. The van der Waals surface area contributed by atoms with E-state index in [4.69, 9.17) is 4.98 Å². The van der Waals surface area contributed by atoms with E-state index in [2.05, 4.69) is 58.6 Å². The maximum absolute atomic E-state index is 13.4. The minimum atomic E-state index is -0.143. The van der Waals surface area contributed by atoms with E-state index in [1.807, 2.05) is 49.8 Å². The van der Waals surface area contributed by atoms with Gasteiger partial charge in [0.15, 0.2) is 0 Å². The molecule has 1 aliphatic heterocycles. The Bertz CT molecular complexity index is 1530. The Morgan fingerprint density at radius 1 is 1.25 bits per heavy atom. The number of nitrogens with one attached hydrogen (secondary N) is 2. The first-order valence-electron chi connectivity index (χ1n) is 12.1. The van der Waals surface area contributed by atoms with Crippen molar-refractivity contribution in [1.29, 1.82) is 0 Å². The molecule has 0 bridgehead atoms. The number of aliphatic imine (C=N–C) groups is 1. The number of H-pyrrole nitrogens is 1. The summed E-state index contributed by atoms with van der Waals surface area (Å²) >= 11 is 1.71. The van der Waals surface area contributed by atoms with E-state index in [9.17, 15) is 4.79 Å². The molecule has 5 heterocycles. The van der Waals surface area contributed by atoms with Gasteiger partial charge in [-0.15, -0.1) is 11.3 Å². The second-order valence-corrected chi connectivity index (χ2v) is 10.7. The van der Waals surface area contributed by atoms with Crippen molar-refractivity contribution >= 4 is 29.1 Å². The standard InChI is InChI=1S/C28H30N6OS/c1-16-6-7-17(2)29-12-21(10-16)13-31-28(35)22-11-23(26-19(4)32-33-20(26)5)27-30-14-24(34(27)15-22)25-9-8-18(3)36-25/h7-12,14-16H,6,13H2,1-5H3,(H,31,35)(H,32,33). The molecule has 7 nitrogen and oxygen atoms in total. The molecule has 0 saturated carbocycles. The number of fused-ring (bicyclic) bond motifs is 1. The highest BCUT2D eigenvalue weighted by Gasteiger charge is 2.20. The Morgan fingerprint density at radius 3 is 2.81 bits per heavy atom. The molecule has 1 atom stereocenters. The molecule has 0 radical (unpaired) electrons. The molecule has 1 amide bonds. The fraction of sp³-hybridized carbons (Fsp3) is 0.286. The van der Waals surface area contributed by atoms with E-state index in [0.29, 0.717) is 18.0 Å². The van der Waals surface area contributed by atoms with E-state index >= 15 is 0 Å². The summed E-state index contributed by atoms with van der Waals surface area (Å²) in [6, 6.07) is 6.12. The molecule has 0 fully saturated rings. The molecular formula is C28H30N6OS. The van der Waals surface area contributed by atoms with Crippen molar-refractivity contribution < 1.29 is 4.79 Å². The third-order valence-electron chi connectivity index (χ3n) is 6.43. The number of aromatic nitrogens is 4. The third kappa shape index (κ3) is 4.68. The Kier molecular flexibility index (Phi) is 6.45. The number of thiophene rings is 1. The molecule has 184 valence electrons. The van der Waals surface area contributed by atoms with Crippen LogP contribution in [0.2, 0.25) is 0 Å². The molecule has 8 heteroatoms. The van der Waals surface area contributed by atoms with Gasteiger partial charge in [-0.05, 0) is 63.8 Å². The third-order valence-corrected chi connectivity index (χ3v) is 7.45. The number of carbonyl (C=O) groups is 1. The van der Waals surface area contributed by atoms with Crippen molar-refractivity contribution in [2.24, 2.45) is 10.9 Å². The lowest BCUT2D eigenvalue weighted by molar-refractivity contribution is 0.0957. The maximum Gasteiger partial charge on any atom is 0.253 e. The first-order chi connectivity index (χ1) is 17.3. The average Bonchev–Trinajstić information content (AvgIpc) is 3.55. The highest BCUT2D eigenvalue weighted by atomic mass is 32.1. The normalized spacial score (nSPS) is 16.0. The van der Waals surface area contributed by atoms with Crippen molar-refractivity contribution in [3.8, 4) is 21.7 Å². The number of allylic oxidation sites excluding steroid dienone is 3. The van der Waals surface area contributed by atoms with Gasteiger partial charge in [-0.2, -0.15) is 5.10 Å². The van der Waals surface area contributed by atoms with Crippen LogP contribution in [-0.2, 0) is 0 Å². The summed E-state index contributed by atoms with van der Waals surface area (Å²) in [6.45, 7) is 10.6. The molecule has 36 heavy (non-hydrogen) atoms. The summed E-state index contributed by atoms with van der Waals surface area (Å²) in [7, 11) is 0. The van der Waals surface area contributed by atoms with Gasteiger partial charge in [0.25, 0.3) is 5.91 Å². The van der Waals surface area contributed by atoms with Crippen LogP contribution in [-0.4, -0.2) is 38.2 Å². The molecule has 5 rings (SSSR count). The summed E-state index contributed by atoms with van der Waals surface area (Å²) < 4.78 is 2.02. The van der Waals surface area contributed by atoms with Crippen LogP contribution in [0.15, 0.2) is 59.0 Å². The number of aromatic amines is 1. The van der Waals surface area contributed by atoms with E-state index in [0.717, 1.165) is 56.4 Å². The Morgan fingerprint density at radius 2 is 2.08 bits per heavy atom. The van der Waals surface area contributed by atoms with Crippen molar-refractivity contribution in [2.75, 3.05) is 6.54 Å². The first-order valence-corrected chi connectivity index (χ1v) is 12.9. The van der Waals surface area contributed by atoms with Crippen LogP contribution in [0, 0.1) is 26.7 Å². The lowest BCUT2D eigenvalue weighted by Crippen LogP contribution is -2.26. The number of aryl methyl sites for hydroxylation is 3. The molecule has 4 aromatic heterocycles. The number of hydrogen-bond acceptors (Lipinski definition) is 5. The van der Waals surface area contributed by atoms with Gasteiger partial charge < -0.3 is 5.32 Å². The average molecular weight is 499 g/mol. The molecule has 1 unspecified atom stereocenters. The Balaban J connectivity index is 1.55. The summed E-state index contributed by atoms with van der Waals surface area (Å²) in [5.41, 5.74) is 7.99. The predicted octanol–water partition coefficient (Wildman–Crippen LogP) is 6.05. The number of nitrogens with zero attached hydrogens (tertiary/aromatic N) is 4. The quantitative estimate of drug-likeness (QED) is 0.351. The number of carbonyl (C=O) groups excluding carboxylic acids is 1. The topological polar surface area (TPSA) is 87.4 Å². The van der Waals surface area contributed by atoms with Crippen LogP contribution in [0.25, 0.3) is 27.3 Å². The fourth-order valence-electron chi connectivity index (χ4n) is 4.56. The summed E-state index contributed by atoms with van der Waals surface area (Å²) in [6.07, 6.45) is 10.9. The van der Waals surface area contributed by atoms with Gasteiger partial charge in [-0.1, -0.05) is 19.1 Å². The molecule has 2 N–H and O–H groups in total. The summed E-state index contributed by atoms with van der Waals surface area (Å²) in [4.78, 5) is 25.0. The van der Waals surface area contributed by atoms with E-state index < -0.39 is 0 Å². The molecule has 0 aromatic carbocycles. The summed E-state index contributed by atoms with van der Waals surface area (Å²) in [5, 5.41) is 10.5. The number of amides is 1. The van der Waals surface area contributed by atoms with Crippen LogP contribution in [0.1, 0.15) is 46.9 Å². The lowest BCUT2D eigenvalue weighted by Gasteiger charge is -2.13. The van der Waals surface area contributed by atoms with E-state index in [1.165, 1.54) is 4.88 Å². The number of pyridine rings is 1. The smallest absolute Gasteiger partial charge is 0.253 e. The van der Waals surface area contributed by atoms with Crippen molar-refractivity contribution in [3.63, 3.8) is 0 Å². The largest absolute Gasteiger partial charge is 0.348 e. The fourth-order valence-corrected chi connectivity index (χ4v) is 5.43. The molecule has 0 spiro atoms. The maximum atomic E-state index is 13.4. The highest BCUT2D eigenvalue weighted by Crippen LogP contribution is 2.34. The van der Waals surface area contributed by atoms with E-state index in [-0.39, 0.29) is 5.91 Å². The van der Waals surface area contributed by atoms with Gasteiger partial charge in [-0.3, -0.25) is 19.3 Å². The van der Waals surface area contributed by atoms with Crippen molar-refractivity contribution in [2.45, 2.75) is 41.0 Å². The van der Waals surface area contributed by atoms with Gasteiger partial charge in [0.2, 0.25) is 0 Å². The lowest BCUT2D eigenvalue weighted by atomic mass is 10.0. The second-order valence-electron chi connectivity index (χ2n) is 9.44. The number of hydrogen-bond donors (Lipinski definition) is 2. The minimum absolute atomic E-state index is 0.143. The molecule has 0 saturated heterocycles. The number of imidazole rings is 1. The van der Waals surface area contributed by atoms with Crippen LogP contribution >= 0.6 is 11.3 Å². The highest BCUT2D eigenvalue weighted by molar-refractivity contribution is 7.15. The van der Waals surface area contributed by atoms with Gasteiger partial charge in [-0.25, -0.2) is 4.98 Å². The van der Waals surface area contributed by atoms with E-state index in [1.54, 1.807) is 11.3 Å². The molecule has 1 aliphatic rings. The predicted molar refractivity (Wildman–Crippen MR) is 147 cm³/mol. The first kappa shape index (κ1) is 23.9. The van der Waals surface area contributed by atoms with Gasteiger partial charge >= 0.3 is 0 Å². The zero-order chi connectivity index (χ0) is 25.4. The zero-order valence-electron chi connectivity index (χ0n) is 21.2. The SMILES string of the molecule is CC1=CCC(C)C=C(CNC(=O)c2cc(-c3c(C)n[nH]c3C)c3ncc(-c4ccc(C)s4)n3c2)C=N1. The molecular weight excluding hydrogens is 468 g/mol. The van der Waals surface area contributed by atoms with Crippen LogP contribution in [0.4, 0.5) is 0 Å². The van der Waals surface area contributed by atoms with Gasteiger partial charge in [0, 0.05) is 46.4 Å². The number of rotatable bonds is 5. The van der Waals surface area contributed by atoms with Gasteiger partial charge in [0.1, 0.15) is 5.65 Å². The van der Waals surface area contributed by atoms with Crippen molar-refractivity contribution in [3.05, 3.63) is 75.8 Å². The van der Waals surface area contributed by atoms with Crippen LogP contribution < -0.4 is 5.32 Å². The Hall–Kier alpha value is -3.78. The van der Waals surface area contributed by atoms with Crippen LogP contribution in [0.3, 0.4) is 0 Å². The molecule has 0 aliphatic carbocycles. The van der Waals surface area contributed by atoms with Crippen molar-refractivity contribution in [1.82, 2.24) is 24.9 Å². The zero-order valence-corrected chi connectivity index (χ0v) is 22.0. The molecule has 4 aromatic rings. The second kappa shape index (κ2) is 9.70. The minimum Gasteiger partial charge on any atom is -0.348 e.